The molecule has 3 atom stereocenters. The maximum absolute atomic E-state index is 12.0. The van der Waals surface area contributed by atoms with Gasteiger partial charge >= 0.3 is 6.03 Å². The first kappa shape index (κ1) is 17.2. The van der Waals surface area contributed by atoms with Gasteiger partial charge in [-0.2, -0.15) is 0 Å². The molecule has 0 aliphatic carbocycles. The highest BCUT2D eigenvalue weighted by Gasteiger charge is 2.19. The molecule has 0 aromatic heterocycles. The molecule has 0 aromatic carbocycles. The van der Waals surface area contributed by atoms with E-state index in [4.69, 9.17) is 0 Å². The summed E-state index contributed by atoms with van der Waals surface area (Å²) in [7, 11) is 1.77. The second kappa shape index (κ2) is 8.47. The molecule has 1 aliphatic heterocycles. The molecule has 2 amide bonds. The Balaban J connectivity index is 2.26. The molecule has 1 heterocycles. The Morgan fingerprint density at radius 3 is 2.80 bits per heavy atom. The average molecular weight is 285 g/mol. The molecule has 0 saturated carbocycles. The summed E-state index contributed by atoms with van der Waals surface area (Å²) in [5.74, 6) is 0.764. The van der Waals surface area contributed by atoms with E-state index < -0.39 is 0 Å². The summed E-state index contributed by atoms with van der Waals surface area (Å²) in [6.07, 6.45) is 2.83. The van der Waals surface area contributed by atoms with Gasteiger partial charge in [-0.25, -0.2) is 4.79 Å². The Labute approximate surface area is 123 Å². The van der Waals surface area contributed by atoms with Gasteiger partial charge in [0.1, 0.15) is 0 Å². The van der Waals surface area contributed by atoms with E-state index in [1.165, 1.54) is 12.8 Å². The summed E-state index contributed by atoms with van der Waals surface area (Å²) in [6.45, 7) is 9.86. The highest BCUT2D eigenvalue weighted by molar-refractivity contribution is 5.74. The monoisotopic (exact) mass is 285 g/mol. The smallest absolute Gasteiger partial charge is 0.317 e. The van der Waals surface area contributed by atoms with Crippen LogP contribution in [0.1, 0.15) is 40.0 Å². The zero-order chi connectivity index (χ0) is 15.1. The number of nitrogens with zero attached hydrogens (tertiary/aromatic N) is 2. The van der Waals surface area contributed by atoms with Crippen LogP contribution in [0.3, 0.4) is 0 Å². The third-order valence-corrected chi connectivity index (χ3v) is 3.87. The predicted octanol–water partition coefficient (Wildman–Crippen LogP) is 1.52. The van der Waals surface area contributed by atoms with E-state index in [1.807, 2.05) is 0 Å². The molecule has 5 nitrogen and oxygen atoms in total. The van der Waals surface area contributed by atoms with Crippen molar-refractivity contribution >= 4 is 6.03 Å². The van der Waals surface area contributed by atoms with Crippen LogP contribution >= 0.6 is 0 Å². The molecule has 1 fully saturated rings. The molecular formula is C15H31N3O2. The second-order valence-electron chi connectivity index (χ2n) is 6.42. The highest BCUT2D eigenvalue weighted by atomic mass is 16.3. The second-order valence-corrected chi connectivity index (χ2v) is 6.42. The van der Waals surface area contributed by atoms with Gasteiger partial charge in [-0.1, -0.05) is 6.92 Å². The van der Waals surface area contributed by atoms with Crippen molar-refractivity contribution in [3.8, 4) is 0 Å². The van der Waals surface area contributed by atoms with E-state index in [0.29, 0.717) is 13.0 Å². The first-order valence-electron chi connectivity index (χ1n) is 7.80. The van der Waals surface area contributed by atoms with Crippen LogP contribution in [0, 0.1) is 5.92 Å². The lowest BCUT2D eigenvalue weighted by atomic mass is 10.00. The molecule has 0 bridgehead atoms. The summed E-state index contributed by atoms with van der Waals surface area (Å²) in [4.78, 5) is 16.1. The van der Waals surface area contributed by atoms with Crippen LogP contribution in [0.5, 0.6) is 0 Å². The summed E-state index contributed by atoms with van der Waals surface area (Å²) < 4.78 is 0. The minimum atomic E-state index is -0.363. The predicted molar refractivity (Wildman–Crippen MR) is 81.8 cm³/mol. The van der Waals surface area contributed by atoms with Crippen molar-refractivity contribution in [1.29, 1.82) is 0 Å². The number of likely N-dealkylation sites (tertiary alicyclic amines) is 1. The molecule has 0 radical (unpaired) electrons. The Morgan fingerprint density at radius 1 is 1.50 bits per heavy atom. The molecule has 1 aliphatic rings. The number of piperidine rings is 1. The molecule has 20 heavy (non-hydrogen) atoms. The fourth-order valence-electron chi connectivity index (χ4n) is 2.69. The molecule has 118 valence electrons. The molecular weight excluding hydrogens is 254 g/mol. The fourth-order valence-corrected chi connectivity index (χ4v) is 2.69. The van der Waals surface area contributed by atoms with E-state index in [2.05, 4.69) is 24.1 Å². The SMILES string of the molecule is CC(O)CCN(C)C(=O)NC(C)CN1CCCC(C)C1. The van der Waals surface area contributed by atoms with Crippen LogP contribution in [0.25, 0.3) is 0 Å². The Kier molecular flexibility index (Phi) is 7.30. The van der Waals surface area contributed by atoms with Gasteiger partial charge in [0.15, 0.2) is 0 Å². The van der Waals surface area contributed by atoms with Crippen molar-refractivity contribution in [3.63, 3.8) is 0 Å². The number of rotatable bonds is 6. The van der Waals surface area contributed by atoms with Crippen molar-refractivity contribution in [2.45, 2.75) is 52.2 Å². The van der Waals surface area contributed by atoms with Gasteiger partial charge < -0.3 is 20.2 Å². The standard InChI is InChI=1S/C15H31N3O2/c1-12-6-5-8-18(10-12)11-13(2)16-15(20)17(4)9-7-14(3)19/h12-14,19H,5-11H2,1-4H3,(H,16,20). The molecule has 1 saturated heterocycles. The Hall–Kier alpha value is -0.810. The summed E-state index contributed by atoms with van der Waals surface area (Å²) >= 11 is 0. The summed E-state index contributed by atoms with van der Waals surface area (Å²) in [5, 5.41) is 12.3. The number of aliphatic hydroxyl groups excluding tert-OH is 1. The lowest BCUT2D eigenvalue weighted by Gasteiger charge is -2.33. The zero-order valence-corrected chi connectivity index (χ0v) is 13.4. The van der Waals surface area contributed by atoms with Gasteiger partial charge in [0.2, 0.25) is 0 Å². The third kappa shape index (κ3) is 6.57. The van der Waals surface area contributed by atoms with Gasteiger partial charge in [0.25, 0.3) is 0 Å². The normalized spacial score (nSPS) is 23.1. The summed E-state index contributed by atoms with van der Waals surface area (Å²) in [5.41, 5.74) is 0. The number of nitrogens with one attached hydrogen (secondary N) is 1. The number of hydrogen-bond acceptors (Lipinski definition) is 3. The fraction of sp³-hybridized carbons (Fsp3) is 0.933. The molecule has 0 aromatic rings. The largest absolute Gasteiger partial charge is 0.393 e. The minimum absolute atomic E-state index is 0.0526. The van der Waals surface area contributed by atoms with E-state index in [9.17, 15) is 9.90 Å². The lowest BCUT2D eigenvalue weighted by Crippen LogP contribution is -2.48. The van der Waals surface area contributed by atoms with Crippen LogP contribution in [-0.2, 0) is 0 Å². The van der Waals surface area contributed by atoms with Crippen LogP contribution in [-0.4, -0.2) is 66.3 Å². The topological polar surface area (TPSA) is 55.8 Å². The van der Waals surface area contributed by atoms with Crippen LogP contribution in [0.2, 0.25) is 0 Å². The maximum atomic E-state index is 12.0. The number of carbonyl (C=O) groups excluding carboxylic acids is 1. The van der Waals surface area contributed by atoms with Crippen molar-refractivity contribution in [2.24, 2.45) is 5.92 Å². The van der Waals surface area contributed by atoms with Crippen molar-refractivity contribution in [2.75, 3.05) is 33.2 Å². The third-order valence-electron chi connectivity index (χ3n) is 3.87. The Morgan fingerprint density at radius 2 is 2.20 bits per heavy atom. The quantitative estimate of drug-likeness (QED) is 0.778. The van der Waals surface area contributed by atoms with Crippen molar-refractivity contribution in [3.05, 3.63) is 0 Å². The summed E-state index contributed by atoms with van der Waals surface area (Å²) in [6, 6.07) is 0.102. The number of amides is 2. The zero-order valence-electron chi connectivity index (χ0n) is 13.4. The number of hydrogen-bond donors (Lipinski definition) is 2. The van der Waals surface area contributed by atoms with Crippen LogP contribution < -0.4 is 5.32 Å². The van der Waals surface area contributed by atoms with Gasteiger partial charge in [-0.3, -0.25) is 0 Å². The Bertz CT molecular complexity index is 297. The van der Waals surface area contributed by atoms with Crippen molar-refractivity contribution < 1.29 is 9.90 Å². The van der Waals surface area contributed by atoms with Gasteiger partial charge in [-0.15, -0.1) is 0 Å². The molecule has 1 rings (SSSR count). The van der Waals surface area contributed by atoms with E-state index >= 15 is 0 Å². The van der Waals surface area contributed by atoms with Crippen LogP contribution in [0.15, 0.2) is 0 Å². The van der Waals surface area contributed by atoms with E-state index in [0.717, 1.165) is 25.6 Å². The average Bonchev–Trinajstić information content (AvgIpc) is 2.35. The number of carbonyl (C=O) groups is 1. The molecule has 2 N–H and O–H groups in total. The first-order valence-corrected chi connectivity index (χ1v) is 7.80. The molecule has 3 unspecified atom stereocenters. The molecule has 0 spiro atoms. The minimum Gasteiger partial charge on any atom is -0.393 e. The maximum Gasteiger partial charge on any atom is 0.317 e. The lowest BCUT2D eigenvalue weighted by molar-refractivity contribution is 0.154. The van der Waals surface area contributed by atoms with Crippen molar-refractivity contribution in [1.82, 2.24) is 15.1 Å². The van der Waals surface area contributed by atoms with Crippen LogP contribution in [0.4, 0.5) is 4.79 Å². The number of urea groups is 1. The van der Waals surface area contributed by atoms with Gasteiger partial charge in [-0.05, 0) is 45.6 Å². The number of aliphatic hydroxyl groups is 1. The molecule has 5 heteroatoms. The van der Waals surface area contributed by atoms with Gasteiger partial charge in [0, 0.05) is 32.7 Å². The first-order chi connectivity index (χ1) is 9.38. The van der Waals surface area contributed by atoms with E-state index in [-0.39, 0.29) is 18.2 Å². The van der Waals surface area contributed by atoms with Gasteiger partial charge in [0.05, 0.1) is 6.10 Å². The van der Waals surface area contributed by atoms with E-state index in [1.54, 1.807) is 18.9 Å². The highest BCUT2D eigenvalue weighted by Crippen LogP contribution is 2.15.